The number of hydroxylamine groups is 1. The molecule has 2 rings (SSSR count). The maximum Gasteiger partial charge on any atom is 0.267 e. The van der Waals surface area contributed by atoms with E-state index in [9.17, 15) is 9.59 Å². The molecule has 0 spiro atoms. The van der Waals surface area contributed by atoms with E-state index in [-0.39, 0.29) is 12.0 Å². The summed E-state index contributed by atoms with van der Waals surface area (Å²) in [5, 5.41) is 8.50. The Morgan fingerprint density at radius 3 is 2.64 bits per heavy atom. The summed E-state index contributed by atoms with van der Waals surface area (Å²) in [6, 6.07) is 7.39. The van der Waals surface area contributed by atoms with Gasteiger partial charge in [-0.1, -0.05) is 18.2 Å². The Morgan fingerprint density at radius 2 is 2.00 bits per heavy atom. The highest BCUT2D eigenvalue weighted by molar-refractivity contribution is 5.91. The number of nitrogens with zero attached hydrogens (tertiary/aromatic N) is 1. The van der Waals surface area contributed by atoms with E-state index >= 15 is 0 Å². The minimum atomic E-state index is -0.593. The lowest BCUT2D eigenvalue weighted by molar-refractivity contribution is -0.130. The lowest BCUT2D eigenvalue weighted by Crippen LogP contribution is -2.40. The smallest absolute Gasteiger partial charge is 0.267 e. The highest BCUT2D eigenvalue weighted by Gasteiger charge is 2.22. The normalized spacial score (nSPS) is 15.8. The first-order chi connectivity index (χ1) is 10.6. The number of amides is 2. The van der Waals surface area contributed by atoms with E-state index in [1.165, 1.54) is 6.08 Å². The topological polar surface area (TPSA) is 78.9 Å². The summed E-state index contributed by atoms with van der Waals surface area (Å²) in [6.45, 7) is 2.98. The first-order valence-electron chi connectivity index (χ1n) is 7.23. The molecule has 1 aliphatic rings. The highest BCUT2D eigenvalue weighted by Crippen LogP contribution is 2.24. The fourth-order valence-electron chi connectivity index (χ4n) is 2.40. The van der Waals surface area contributed by atoms with Crippen molar-refractivity contribution in [2.45, 2.75) is 25.9 Å². The predicted molar refractivity (Wildman–Crippen MR) is 81.3 cm³/mol. The van der Waals surface area contributed by atoms with Crippen LogP contribution in [0.5, 0.6) is 5.75 Å². The maximum atomic E-state index is 11.3. The molecular weight excluding hydrogens is 284 g/mol. The van der Waals surface area contributed by atoms with Crippen LogP contribution in [0, 0.1) is 0 Å². The summed E-state index contributed by atoms with van der Waals surface area (Å²) in [7, 11) is 0. The molecule has 2 amide bonds. The first-order valence-corrected chi connectivity index (χ1v) is 7.23. The summed E-state index contributed by atoms with van der Waals surface area (Å²) in [6.07, 6.45) is 4.45. The number of piperidine rings is 1. The quantitative estimate of drug-likeness (QED) is 0.503. The SMILES string of the molecule is CC(=O)N1CCC(Oc2ccccc2/C=C/C(=O)NO)CC1. The Labute approximate surface area is 129 Å². The molecular formula is C16H20N2O4. The van der Waals surface area contributed by atoms with E-state index in [1.807, 2.05) is 29.2 Å². The first kappa shape index (κ1) is 16.0. The van der Waals surface area contributed by atoms with Crippen molar-refractivity contribution in [3.8, 4) is 5.75 Å². The minimum Gasteiger partial charge on any atom is -0.490 e. The van der Waals surface area contributed by atoms with E-state index in [0.29, 0.717) is 18.8 Å². The molecule has 1 aromatic carbocycles. The van der Waals surface area contributed by atoms with Crippen LogP contribution in [0.15, 0.2) is 30.3 Å². The van der Waals surface area contributed by atoms with Crippen molar-refractivity contribution in [2.24, 2.45) is 0 Å². The largest absolute Gasteiger partial charge is 0.490 e. The molecule has 6 nitrogen and oxygen atoms in total. The van der Waals surface area contributed by atoms with Crippen LogP contribution in [0.25, 0.3) is 6.08 Å². The van der Waals surface area contributed by atoms with Crippen molar-refractivity contribution in [3.63, 3.8) is 0 Å². The Balaban J connectivity index is 2.00. The third-order valence-corrected chi connectivity index (χ3v) is 3.62. The van der Waals surface area contributed by atoms with Gasteiger partial charge in [-0.3, -0.25) is 14.8 Å². The Hall–Kier alpha value is -2.34. The lowest BCUT2D eigenvalue weighted by Gasteiger charge is -2.31. The van der Waals surface area contributed by atoms with Crippen molar-refractivity contribution in [2.75, 3.05) is 13.1 Å². The number of hydrogen-bond acceptors (Lipinski definition) is 4. The number of likely N-dealkylation sites (tertiary alicyclic amines) is 1. The van der Waals surface area contributed by atoms with Gasteiger partial charge in [-0.15, -0.1) is 0 Å². The van der Waals surface area contributed by atoms with Gasteiger partial charge >= 0.3 is 0 Å². The average Bonchev–Trinajstić information content (AvgIpc) is 2.54. The van der Waals surface area contributed by atoms with Crippen LogP contribution in [0.3, 0.4) is 0 Å². The highest BCUT2D eigenvalue weighted by atomic mass is 16.5. The van der Waals surface area contributed by atoms with Gasteiger partial charge in [-0.05, 0) is 12.1 Å². The molecule has 0 saturated carbocycles. The lowest BCUT2D eigenvalue weighted by atomic mass is 10.1. The molecule has 0 unspecified atom stereocenters. The van der Waals surface area contributed by atoms with Gasteiger partial charge in [0, 0.05) is 44.5 Å². The van der Waals surface area contributed by atoms with Crippen LogP contribution in [0.2, 0.25) is 0 Å². The molecule has 1 heterocycles. The van der Waals surface area contributed by atoms with Crippen molar-refractivity contribution < 1.29 is 19.5 Å². The summed E-state index contributed by atoms with van der Waals surface area (Å²) in [4.78, 5) is 24.2. The minimum absolute atomic E-state index is 0.0526. The molecule has 22 heavy (non-hydrogen) atoms. The Bertz CT molecular complexity index is 563. The van der Waals surface area contributed by atoms with Crippen molar-refractivity contribution >= 4 is 17.9 Å². The monoisotopic (exact) mass is 304 g/mol. The average molecular weight is 304 g/mol. The number of carbonyl (C=O) groups is 2. The molecule has 2 N–H and O–H groups in total. The predicted octanol–water partition coefficient (Wildman–Crippen LogP) is 1.59. The molecule has 118 valence electrons. The number of benzene rings is 1. The molecule has 0 bridgehead atoms. The Morgan fingerprint density at radius 1 is 1.32 bits per heavy atom. The number of para-hydroxylation sites is 1. The van der Waals surface area contributed by atoms with Crippen LogP contribution >= 0.6 is 0 Å². The van der Waals surface area contributed by atoms with Gasteiger partial charge in [0.1, 0.15) is 11.9 Å². The van der Waals surface area contributed by atoms with Crippen LogP contribution in [0.1, 0.15) is 25.3 Å². The number of carbonyl (C=O) groups excluding carboxylic acids is 2. The molecule has 1 fully saturated rings. The van der Waals surface area contributed by atoms with Crippen LogP contribution in [-0.2, 0) is 9.59 Å². The standard InChI is InChI=1S/C16H20N2O4/c1-12(19)18-10-8-14(9-11-18)22-15-5-3-2-4-13(15)6-7-16(20)17-21/h2-7,14,21H,8-11H2,1H3,(H,17,20)/b7-6+. The second kappa shape index (κ2) is 7.61. The molecule has 0 aromatic heterocycles. The van der Waals surface area contributed by atoms with E-state index in [2.05, 4.69) is 0 Å². The summed E-state index contributed by atoms with van der Waals surface area (Å²) >= 11 is 0. The zero-order chi connectivity index (χ0) is 15.9. The molecule has 6 heteroatoms. The summed E-state index contributed by atoms with van der Waals surface area (Å²) in [5.41, 5.74) is 2.31. The van der Waals surface area contributed by atoms with Crippen LogP contribution < -0.4 is 10.2 Å². The third kappa shape index (κ3) is 4.33. The maximum absolute atomic E-state index is 11.3. The van der Waals surface area contributed by atoms with Crippen molar-refractivity contribution in [1.29, 1.82) is 0 Å². The van der Waals surface area contributed by atoms with E-state index in [4.69, 9.17) is 9.94 Å². The zero-order valence-electron chi connectivity index (χ0n) is 12.5. The zero-order valence-corrected chi connectivity index (χ0v) is 12.5. The molecule has 1 saturated heterocycles. The van der Waals surface area contributed by atoms with Gasteiger partial charge in [0.25, 0.3) is 5.91 Å². The second-order valence-electron chi connectivity index (χ2n) is 5.17. The van der Waals surface area contributed by atoms with Gasteiger partial charge in [-0.25, -0.2) is 5.48 Å². The van der Waals surface area contributed by atoms with E-state index in [1.54, 1.807) is 18.5 Å². The molecule has 0 aliphatic carbocycles. The Kier molecular flexibility index (Phi) is 5.55. The van der Waals surface area contributed by atoms with E-state index in [0.717, 1.165) is 18.4 Å². The second-order valence-corrected chi connectivity index (χ2v) is 5.17. The fourth-order valence-corrected chi connectivity index (χ4v) is 2.40. The molecule has 0 radical (unpaired) electrons. The number of rotatable bonds is 4. The van der Waals surface area contributed by atoms with Crippen molar-refractivity contribution in [1.82, 2.24) is 10.4 Å². The molecule has 1 aliphatic heterocycles. The molecule has 0 atom stereocenters. The fraction of sp³-hybridized carbons (Fsp3) is 0.375. The van der Waals surface area contributed by atoms with Gasteiger partial charge in [0.2, 0.25) is 5.91 Å². The third-order valence-electron chi connectivity index (χ3n) is 3.62. The molecule has 1 aromatic rings. The van der Waals surface area contributed by atoms with Crippen LogP contribution in [-0.4, -0.2) is 41.1 Å². The number of ether oxygens (including phenoxy) is 1. The van der Waals surface area contributed by atoms with Gasteiger partial charge in [-0.2, -0.15) is 0 Å². The van der Waals surface area contributed by atoms with Crippen molar-refractivity contribution in [3.05, 3.63) is 35.9 Å². The van der Waals surface area contributed by atoms with Crippen LogP contribution in [0.4, 0.5) is 0 Å². The summed E-state index contributed by atoms with van der Waals surface area (Å²) in [5.74, 6) is 0.187. The summed E-state index contributed by atoms with van der Waals surface area (Å²) < 4.78 is 6.00. The van der Waals surface area contributed by atoms with Gasteiger partial charge in [0.05, 0.1) is 0 Å². The van der Waals surface area contributed by atoms with Gasteiger partial charge < -0.3 is 9.64 Å². The number of nitrogens with one attached hydrogen (secondary N) is 1. The van der Waals surface area contributed by atoms with Gasteiger partial charge in [0.15, 0.2) is 0 Å². The van der Waals surface area contributed by atoms with E-state index < -0.39 is 5.91 Å². The number of hydrogen-bond donors (Lipinski definition) is 2.